The summed E-state index contributed by atoms with van der Waals surface area (Å²) in [5.74, 6) is 1.95. The van der Waals surface area contributed by atoms with E-state index in [0.29, 0.717) is 6.04 Å². The lowest BCUT2D eigenvalue weighted by atomic mass is 10.3. The molecule has 0 bridgehead atoms. The lowest BCUT2D eigenvalue weighted by molar-refractivity contribution is 0.697. The molecule has 0 radical (unpaired) electrons. The van der Waals surface area contributed by atoms with Crippen molar-refractivity contribution in [2.45, 2.75) is 25.3 Å². The topological polar surface area (TPSA) is 24.9 Å². The zero-order chi connectivity index (χ0) is 8.84. The summed E-state index contributed by atoms with van der Waals surface area (Å²) in [4.78, 5) is 4.19. The Hall–Kier alpha value is -0.280. The number of halogens is 1. The van der Waals surface area contributed by atoms with Crippen LogP contribution in [0.4, 0.5) is 5.13 Å². The van der Waals surface area contributed by atoms with E-state index in [0.717, 1.165) is 21.3 Å². The largest absolute Gasteiger partial charge is 0.358 e. The summed E-state index contributed by atoms with van der Waals surface area (Å²) in [7, 11) is 0. The van der Waals surface area contributed by atoms with Crippen LogP contribution in [-0.2, 0) is 0 Å². The molecule has 1 heterocycles. The highest BCUT2D eigenvalue weighted by molar-refractivity contribution is 7.19. The van der Waals surface area contributed by atoms with Gasteiger partial charge in [0.1, 0.15) is 4.34 Å². The van der Waals surface area contributed by atoms with Crippen molar-refractivity contribution in [2.24, 2.45) is 11.8 Å². The van der Waals surface area contributed by atoms with E-state index in [9.17, 15) is 0 Å². The van der Waals surface area contributed by atoms with Crippen LogP contribution in [0.15, 0.2) is 6.20 Å². The number of nitrogens with one attached hydrogen (secondary N) is 1. The molecule has 2 unspecified atom stereocenters. The normalized spacial score (nSPS) is 31.8. The molecule has 2 aliphatic carbocycles. The molecular weight excluding hydrogens is 204 g/mol. The first-order valence-corrected chi connectivity index (χ1v) is 5.90. The van der Waals surface area contributed by atoms with Crippen molar-refractivity contribution in [1.82, 2.24) is 4.98 Å². The van der Waals surface area contributed by atoms with Gasteiger partial charge in [-0.3, -0.25) is 0 Å². The fourth-order valence-corrected chi connectivity index (χ4v) is 2.78. The summed E-state index contributed by atoms with van der Waals surface area (Å²) in [5.41, 5.74) is 0. The van der Waals surface area contributed by atoms with E-state index < -0.39 is 0 Å². The average Bonchev–Trinajstić information content (AvgIpc) is 2.92. The molecule has 2 fully saturated rings. The van der Waals surface area contributed by atoms with E-state index >= 15 is 0 Å². The molecule has 2 nitrogen and oxygen atoms in total. The van der Waals surface area contributed by atoms with Crippen molar-refractivity contribution in [1.29, 1.82) is 0 Å². The molecule has 0 aliphatic heterocycles. The van der Waals surface area contributed by atoms with Crippen molar-refractivity contribution >= 4 is 28.1 Å². The lowest BCUT2D eigenvalue weighted by Crippen LogP contribution is -2.04. The minimum atomic E-state index is 0.690. The van der Waals surface area contributed by atoms with E-state index in [4.69, 9.17) is 11.6 Å². The maximum absolute atomic E-state index is 5.79. The minimum Gasteiger partial charge on any atom is -0.358 e. The third-order valence-electron chi connectivity index (χ3n) is 2.85. The Balaban J connectivity index is 1.58. The summed E-state index contributed by atoms with van der Waals surface area (Å²) in [6, 6.07) is 0.690. The first-order chi connectivity index (χ1) is 6.33. The number of hydrogen-bond donors (Lipinski definition) is 1. The quantitative estimate of drug-likeness (QED) is 0.837. The Morgan fingerprint density at radius 2 is 2.38 bits per heavy atom. The molecule has 13 heavy (non-hydrogen) atoms. The van der Waals surface area contributed by atoms with Crippen LogP contribution in [0.1, 0.15) is 19.3 Å². The number of thiazole rings is 1. The van der Waals surface area contributed by atoms with E-state index in [1.807, 2.05) is 0 Å². The molecule has 1 aromatic heterocycles. The van der Waals surface area contributed by atoms with Gasteiger partial charge >= 0.3 is 0 Å². The highest BCUT2D eigenvalue weighted by atomic mass is 35.5. The van der Waals surface area contributed by atoms with Crippen molar-refractivity contribution in [2.75, 3.05) is 5.32 Å². The zero-order valence-corrected chi connectivity index (χ0v) is 8.74. The second-order valence-corrected chi connectivity index (χ2v) is 5.62. The summed E-state index contributed by atoms with van der Waals surface area (Å²) in [5, 5.41) is 4.42. The van der Waals surface area contributed by atoms with Crippen LogP contribution in [0.2, 0.25) is 4.34 Å². The van der Waals surface area contributed by atoms with Crippen LogP contribution >= 0.6 is 22.9 Å². The third kappa shape index (κ3) is 1.67. The van der Waals surface area contributed by atoms with Gasteiger partial charge in [0.2, 0.25) is 0 Å². The van der Waals surface area contributed by atoms with Crippen LogP contribution in [0.25, 0.3) is 0 Å². The zero-order valence-electron chi connectivity index (χ0n) is 7.16. The number of hydrogen-bond acceptors (Lipinski definition) is 3. The van der Waals surface area contributed by atoms with Crippen LogP contribution in [0, 0.1) is 11.8 Å². The highest BCUT2D eigenvalue weighted by Crippen LogP contribution is 2.51. The molecule has 70 valence electrons. The molecule has 3 rings (SSSR count). The standard InChI is InChI=1S/C9H11ClN2S/c10-8-4-11-9(13-8)12-7-3-6(7)5-1-2-5/h4-7H,1-3H2,(H,11,12). The number of rotatable bonds is 3. The molecular formula is C9H11ClN2S. The van der Waals surface area contributed by atoms with Crippen molar-refractivity contribution in [3.05, 3.63) is 10.5 Å². The predicted octanol–water partition coefficient (Wildman–Crippen LogP) is 3.01. The van der Waals surface area contributed by atoms with Gasteiger partial charge in [0.25, 0.3) is 0 Å². The van der Waals surface area contributed by atoms with Gasteiger partial charge in [0.05, 0.1) is 6.20 Å². The van der Waals surface area contributed by atoms with Crippen LogP contribution in [0.5, 0.6) is 0 Å². The molecule has 2 saturated carbocycles. The Morgan fingerprint density at radius 1 is 1.54 bits per heavy atom. The van der Waals surface area contributed by atoms with Gasteiger partial charge in [-0.1, -0.05) is 22.9 Å². The van der Waals surface area contributed by atoms with Gasteiger partial charge in [0, 0.05) is 6.04 Å². The van der Waals surface area contributed by atoms with Crippen LogP contribution in [-0.4, -0.2) is 11.0 Å². The first kappa shape index (κ1) is 8.06. The smallest absolute Gasteiger partial charge is 0.184 e. The molecule has 1 aromatic rings. The number of aromatic nitrogens is 1. The minimum absolute atomic E-state index is 0.690. The van der Waals surface area contributed by atoms with E-state index in [1.54, 1.807) is 6.20 Å². The summed E-state index contributed by atoms with van der Waals surface area (Å²) >= 11 is 7.32. The maximum Gasteiger partial charge on any atom is 0.184 e. The van der Waals surface area contributed by atoms with Gasteiger partial charge in [0.15, 0.2) is 5.13 Å². The van der Waals surface area contributed by atoms with Crippen LogP contribution in [0.3, 0.4) is 0 Å². The SMILES string of the molecule is Clc1cnc(NC2CC2C2CC2)s1. The number of anilines is 1. The highest BCUT2D eigenvalue weighted by Gasteiger charge is 2.47. The lowest BCUT2D eigenvalue weighted by Gasteiger charge is -1.98. The van der Waals surface area contributed by atoms with Crippen molar-refractivity contribution in [3.63, 3.8) is 0 Å². The second kappa shape index (κ2) is 2.85. The summed E-state index contributed by atoms with van der Waals surface area (Å²) < 4.78 is 0.770. The molecule has 2 atom stereocenters. The summed E-state index contributed by atoms with van der Waals surface area (Å²) in [6.45, 7) is 0. The maximum atomic E-state index is 5.79. The van der Waals surface area contributed by atoms with Gasteiger partial charge in [-0.05, 0) is 31.1 Å². The summed E-state index contributed by atoms with van der Waals surface area (Å²) in [6.07, 6.45) is 5.94. The Kier molecular flexibility index (Phi) is 1.77. The van der Waals surface area contributed by atoms with Crippen molar-refractivity contribution in [3.8, 4) is 0 Å². The molecule has 0 saturated heterocycles. The van der Waals surface area contributed by atoms with Gasteiger partial charge in [-0.15, -0.1) is 0 Å². The van der Waals surface area contributed by atoms with Gasteiger partial charge < -0.3 is 5.32 Å². The Morgan fingerprint density at radius 3 is 3.00 bits per heavy atom. The second-order valence-electron chi connectivity index (χ2n) is 3.96. The number of nitrogens with zero attached hydrogens (tertiary/aromatic N) is 1. The Labute approximate surface area is 86.3 Å². The van der Waals surface area contributed by atoms with Crippen LogP contribution < -0.4 is 5.32 Å². The fraction of sp³-hybridized carbons (Fsp3) is 0.667. The van der Waals surface area contributed by atoms with Gasteiger partial charge in [-0.25, -0.2) is 4.98 Å². The Bertz CT molecular complexity index is 321. The monoisotopic (exact) mass is 214 g/mol. The van der Waals surface area contributed by atoms with Crippen molar-refractivity contribution < 1.29 is 0 Å². The molecule has 4 heteroatoms. The molecule has 0 spiro atoms. The fourth-order valence-electron chi connectivity index (χ4n) is 1.91. The molecule has 0 amide bonds. The molecule has 0 aromatic carbocycles. The molecule has 2 aliphatic rings. The van der Waals surface area contributed by atoms with E-state index in [2.05, 4.69) is 10.3 Å². The first-order valence-electron chi connectivity index (χ1n) is 4.71. The average molecular weight is 215 g/mol. The third-order valence-corrected chi connectivity index (χ3v) is 3.90. The van der Waals surface area contributed by atoms with E-state index in [1.165, 1.54) is 30.6 Å². The predicted molar refractivity (Wildman–Crippen MR) is 55.4 cm³/mol. The van der Waals surface area contributed by atoms with Gasteiger partial charge in [-0.2, -0.15) is 0 Å². The molecule has 1 N–H and O–H groups in total. The van der Waals surface area contributed by atoms with E-state index in [-0.39, 0.29) is 0 Å².